The second kappa shape index (κ2) is 5.06. The van der Waals surface area contributed by atoms with Crippen molar-refractivity contribution in [3.63, 3.8) is 0 Å². The molecule has 0 atom stereocenters. The molecular weight excluding hydrogens is 169 g/mol. The highest BCUT2D eigenvalue weighted by Gasteiger charge is 2.04. The van der Waals surface area contributed by atoms with Crippen LogP contribution in [0.2, 0.25) is 13.1 Å². The van der Waals surface area contributed by atoms with E-state index in [0.29, 0.717) is 6.54 Å². The molecule has 0 aromatic heterocycles. The van der Waals surface area contributed by atoms with Crippen molar-refractivity contribution >= 4 is 14.0 Å². The molecule has 3 heteroatoms. The summed E-state index contributed by atoms with van der Waals surface area (Å²) in [6.07, 6.45) is 0. The first-order valence-corrected chi connectivity index (χ1v) is 6.34. The number of halogens is 1. The van der Waals surface area contributed by atoms with E-state index >= 15 is 0 Å². The molecule has 1 rings (SSSR count). The highest BCUT2D eigenvalue weighted by atomic mass is 28.3. The molecule has 0 amide bonds. The van der Waals surface area contributed by atoms with Crippen molar-refractivity contribution in [1.82, 2.24) is 0 Å². The molecule has 0 heterocycles. The molecule has 0 aliphatic heterocycles. The van der Waals surface area contributed by atoms with E-state index in [1.807, 2.05) is 0 Å². The van der Waals surface area contributed by atoms with E-state index in [1.165, 1.54) is 10.8 Å². The molecule has 0 fully saturated rings. The quantitative estimate of drug-likeness (QED) is 0.688. The van der Waals surface area contributed by atoms with Gasteiger partial charge in [0.2, 0.25) is 0 Å². The van der Waals surface area contributed by atoms with Crippen LogP contribution in [0.5, 0.6) is 0 Å². The van der Waals surface area contributed by atoms with Gasteiger partial charge in [0.05, 0.1) is 8.80 Å². The van der Waals surface area contributed by atoms with Gasteiger partial charge in [-0.1, -0.05) is 42.5 Å². The average Bonchev–Trinajstić information content (AvgIpc) is 2.04. The summed E-state index contributed by atoms with van der Waals surface area (Å²) in [5.74, 6) is 0. The van der Waals surface area contributed by atoms with Gasteiger partial charge in [0.1, 0.15) is 0 Å². The van der Waals surface area contributed by atoms with Gasteiger partial charge < -0.3 is 5.73 Å². The van der Waals surface area contributed by atoms with Gasteiger partial charge >= 0.3 is 0 Å². The molecule has 12 heavy (non-hydrogen) atoms. The summed E-state index contributed by atoms with van der Waals surface area (Å²) in [6.45, 7) is 5.25. The van der Waals surface area contributed by atoms with E-state index in [9.17, 15) is 0 Å². The first kappa shape index (κ1) is 11.3. The van der Waals surface area contributed by atoms with Crippen LogP contribution < -0.4 is 10.9 Å². The van der Waals surface area contributed by atoms with E-state index in [2.05, 4.69) is 37.4 Å². The summed E-state index contributed by atoms with van der Waals surface area (Å²) in [5.41, 5.74) is 6.92. The molecule has 0 saturated carbocycles. The number of benzene rings is 1. The fraction of sp³-hybridized carbons (Fsp3) is 0.333. The summed E-state index contributed by atoms with van der Waals surface area (Å²) >= 11 is 0. The van der Waals surface area contributed by atoms with Crippen molar-refractivity contribution in [3.05, 3.63) is 29.8 Å². The maximum atomic E-state index is 5.60. The summed E-state index contributed by atoms with van der Waals surface area (Å²) in [6, 6.07) is 8.45. The second-order valence-electron chi connectivity index (χ2n) is 2.86. The zero-order chi connectivity index (χ0) is 8.27. The number of hydrogen-bond acceptors (Lipinski definition) is 1. The molecule has 2 N–H and O–H groups in total. The Kier molecular flexibility index (Phi) is 4.77. The standard InChI is InChI=1S/C9H14NSi.FH/c1-11(2)9-6-4-3-5-8(9)7-10;/h3-6H,7,10H2,1-2H3;1H. The Morgan fingerprint density at radius 1 is 1.25 bits per heavy atom. The molecule has 0 unspecified atom stereocenters. The molecule has 1 radical (unpaired) electrons. The minimum Gasteiger partial charge on any atom is -0.327 e. The molecule has 1 nitrogen and oxygen atoms in total. The van der Waals surface area contributed by atoms with Gasteiger partial charge in [-0.05, 0) is 5.56 Å². The largest absolute Gasteiger partial charge is 0.327 e. The van der Waals surface area contributed by atoms with Crippen molar-refractivity contribution < 1.29 is 4.70 Å². The Hall–Kier alpha value is -0.673. The van der Waals surface area contributed by atoms with E-state index in [1.54, 1.807) is 0 Å². The first-order chi connectivity index (χ1) is 5.25. The first-order valence-electron chi connectivity index (χ1n) is 3.84. The van der Waals surface area contributed by atoms with Crippen LogP contribution >= 0.6 is 0 Å². The predicted octanol–water partition coefficient (Wildman–Crippen LogP) is 1.26. The van der Waals surface area contributed by atoms with E-state index < -0.39 is 0 Å². The van der Waals surface area contributed by atoms with E-state index in [-0.39, 0.29) is 13.5 Å². The molecule has 1 aromatic carbocycles. The third-order valence-corrected chi connectivity index (χ3v) is 3.34. The third kappa shape index (κ3) is 2.43. The van der Waals surface area contributed by atoms with Gasteiger partial charge in [0.15, 0.2) is 0 Å². The van der Waals surface area contributed by atoms with Crippen molar-refractivity contribution in [2.24, 2.45) is 5.73 Å². The lowest BCUT2D eigenvalue weighted by Gasteiger charge is -2.08. The zero-order valence-electron chi connectivity index (χ0n) is 7.50. The van der Waals surface area contributed by atoms with Crippen LogP contribution in [-0.4, -0.2) is 8.80 Å². The lowest BCUT2D eigenvalue weighted by atomic mass is 10.2. The van der Waals surface area contributed by atoms with Crippen LogP contribution in [0, 0.1) is 0 Å². The maximum absolute atomic E-state index is 5.60. The Morgan fingerprint density at radius 3 is 2.25 bits per heavy atom. The van der Waals surface area contributed by atoms with Gasteiger partial charge in [-0.15, -0.1) is 0 Å². The molecule has 1 aromatic rings. The summed E-state index contributed by atoms with van der Waals surface area (Å²) in [5, 5.41) is 1.47. The van der Waals surface area contributed by atoms with E-state index in [4.69, 9.17) is 5.73 Å². The molecule has 67 valence electrons. The highest BCUT2D eigenvalue weighted by Crippen LogP contribution is 1.96. The average molecular weight is 184 g/mol. The van der Waals surface area contributed by atoms with Crippen LogP contribution in [0.15, 0.2) is 24.3 Å². The van der Waals surface area contributed by atoms with Crippen LogP contribution in [0.3, 0.4) is 0 Å². The Morgan fingerprint density at radius 2 is 1.83 bits per heavy atom. The van der Waals surface area contributed by atoms with Gasteiger partial charge in [0.25, 0.3) is 0 Å². The lowest BCUT2D eigenvalue weighted by Crippen LogP contribution is -2.27. The molecule has 0 bridgehead atoms. The highest BCUT2D eigenvalue weighted by molar-refractivity contribution is 6.71. The molecular formula is C9H15FNSi. The van der Waals surface area contributed by atoms with Crippen LogP contribution in [0.25, 0.3) is 0 Å². The normalized spacial score (nSPS) is 9.67. The predicted molar refractivity (Wildman–Crippen MR) is 54.0 cm³/mol. The number of nitrogens with two attached hydrogens (primary N) is 1. The molecule has 0 spiro atoms. The lowest BCUT2D eigenvalue weighted by molar-refractivity contribution is 1.08. The smallest absolute Gasteiger partial charge is 0.0795 e. The molecule has 0 aliphatic carbocycles. The summed E-state index contributed by atoms with van der Waals surface area (Å²) in [4.78, 5) is 0. The molecule has 0 saturated heterocycles. The molecule has 0 aliphatic rings. The van der Waals surface area contributed by atoms with Crippen molar-refractivity contribution in [2.45, 2.75) is 19.6 Å². The van der Waals surface area contributed by atoms with Crippen molar-refractivity contribution in [3.8, 4) is 0 Å². The summed E-state index contributed by atoms with van der Waals surface area (Å²) in [7, 11) is -0.334. The van der Waals surface area contributed by atoms with Crippen LogP contribution in [-0.2, 0) is 6.54 Å². The Balaban J connectivity index is 0.00000121. The fourth-order valence-corrected chi connectivity index (χ4v) is 2.44. The topological polar surface area (TPSA) is 26.0 Å². The zero-order valence-corrected chi connectivity index (χ0v) is 8.50. The third-order valence-electron chi connectivity index (χ3n) is 1.78. The SMILES string of the molecule is C[Si](C)c1ccccc1CN.F. The van der Waals surface area contributed by atoms with Crippen molar-refractivity contribution in [1.29, 1.82) is 0 Å². The van der Waals surface area contributed by atoms with Gasteiger partial charge in [-0.2, -0.15) is 0 Å². The maximum Gasteiger partial charge on any atom is 0.0795 e. The van der Waals surface area contributed by atoms with Gasteiger partial charge in [-0.25, -0.2) is 0 Å². The minimum absolute atomic E-state index is 0. The van der Waals surface area contributed by atoms with E-state index in [0.717, 1.165) is 0 Å². The second-order valence-corrected chi connectivity index (χ2v) is 5.40. The Labute approximate surface area is 74.6 Å². The fourth-order valence-electron chi connectivity index (χ4n) is 1.19. The van der Waals surface area contributed by atoms with Gasteiger partial charge in [-0.3, -0.25) is 4.70 Å². The van der Waals surface area contributed by atoms with Crippen LogP contribution in [0.4, 0.5) is 4.70 Å². The monoisotopic (exact) mass is 184 g/mol. The Bertz CT molecular complexity index is 238. The van der Waals surface area contributed by atoms with Gasteiger partial charge in [0, 0.05) is 6.54 Å². The van der Waals surface area contributed by atoms with Crippen LogP contribution in [0.1, 0.15) is 5.56 Å². The number of hydrogen-bond donors (Lipinski definition) is 1. The minimum atomic E-state index is -0.334. The number of rotatable bonds is 2. The van der Waals surface area contributed by atoms with Crippen molar-refractivity contribution in [2.75, 3.05) is 0 Å². The summed E-state index contributed by atoms with van der Waals surface area (Å²) < 4.78 is 0.